The zero-order chi connectivity index (χ0) is 16.0. The van der Waals surface area contributed by atoms with Crippen LogP contribution in [0.2, 0.25) is 15.2 Å². The number of ether oxygens (including phenoxy) is 1. The summed E-state index contributed by atoms with van der Waals surface area (Å²) in [6.45, 7) is 3.74. The highest BCUT2D eigenvalue weighted by Gasteiger charge is 2.21. The van der Waals surface area contributed by atoms with Gasteiger partial charge < -0.3 is 4.74 Å². The van der Waals surface area contributed by atoms with Gasteiger partial charge in [-0.3, -0.25) is 0 Å². The fraction of sp³-hybridized carbons (Fsp3) is 0.200. The second-order valence-electron chi connectivity index (χ2n) is 4.88. The molecule has 0 spiro atoms. The topological polar surface area (TPSA) is 39.4 Å². The van der Waals surface area contributed by atoms with Gasteiger partial charge in [0.05, 0.1) is 28.4 Å². The molecule has 0 fully saturated rings. The maximum atomic E-state index is 6.39. The first-order valence-electron chi connectivity index (χ1n) is 6.48. The number of aromatic nitrogens is 3. The largest absolute Gasteiger partial charge is 0.497 e. The highest BCUT2D eigenvalue weighted by atomic mass is 35.5. The number of hydrogen-bond donors (Lipinski definition) is 0. The van der Waals surface area contributed by atoms with Gasteiger partial charge in [-0.25, -0.2) is 9.50 Å². The zero-order valence-electron chi connectivity index (χ0n) is 12.1. The monoisotopic (exact) mass is 355 g/mol. The van der Waals surface area contributed by atoms with Gasteiger partial charge in [-0.05, 0) is 32.0 Å². The molecule has 1 aromatic carbocycles. The number of hydrogen-bond acceptors (Lipinski definition) is 3. The van der Waals surface area contributed by atoms with Crippen LogP contribution in [0.1, 0.15) is 11.4 Å². The van der Waals surface area contributed by atoms with E-state index in [9.17, 15) is 0 Å². The lowest BCUT2D eigenvalue weighted by Gasteiger charge is -2.09. The number of benzene rings is 1. The van der Waals surface area contributed by atoms with E-state index in [1.165, 1.54) is 0 Å². The summed E-state index contributed by atoms with van der Waals surface area (Å²) >= 11 is 19.0. The van der Waals surface area contributed by atoms with Crippen molar-refractivity contribution in [1.82, 2.24) is 14.6 Å². The van der Waals surface area contributed by atoms with E-state index < -0.39 is 0 Å². The summed E-state index contributed by atoms with van der Waals surface area (Å²) < 4.78 is 6.76. The van der Waals surface area contributed by atoms with Crippen LogP contribution in [0.3, 0.4) is 0 Å². The lowest BCUT2D eigenvalue weighted by Crippen LogP contribution is -1.95. The predicted octanol–water partition coefficient (Wildman–Crippen LogP) is 4.98. The minimum absolute atomic E-state index is 0.474. The molecule has 0 saturated carbocycles. The van der Waals surface area contributed by atoms with Crippen molar-refractivity contribution < 1.29 is 4.74 Å². The molecule has 0 radical (unpaired) electrons. The van der Waals surface area contributed by atoms with Crippen LogP contribution in [0.4, 0.5) is 0 Å². The maximum Gasteiger partial charge on any atom is 0.165 e. The lowest BCUT2D eigenvalue weighted by atomic mass is 10.1. The summed E-state index contributed by atoms with van der Waals surface area (Å²) in [5, 5.41) is 5.86. The number of fused-ring (bicyclic) bond motifs is 1. The first-order valence-corrected chi connectivity index (χ1v) is 7.61. The predicted molar refractivity (Wildman–Crippen MR) is 89.5 cm³/mol. The molecule has 114 valence electrons. The summed E-state index contributed by atoms with van der Waals surface area (Å²) in [7, 11) is 1.56. The average molecular weight is 357 g/mol. The first-order chi connectivity index (χ1) is 10.4. The highest BCUT2D eigenvalue weighted by Crippen LogP contribution is 2.41. The molecule has 7 heteroatoms. The van der Waals surface area contributed by atoms with Crippen molar-refractivity contribution in [1.29, 1.82) is 0 Å². The Kier molecular flexibility index (Phi) is 3.93. The molecule has 0 atom stereocenters. The highest BCUT2D eigenvalue weighted by molar-refractivity contribution is 6.40. The Hall–Kier alpha value is -1.49. The van der Waals surface area contributed by atoms with Crippen LogP contribution in [0, 0.1) is 13.8 Å². The van der Waals surface area contributed by atoms with Crippen LogP contribution in [0.25, 0.3) is 16.8 Å². The molecule has 0 saturated heterocycles. The third kappa shape index (κ3) is 2.41. The van der Waals surface area contributed by atoms with E-state index in [1.807, 2.05) is 13.8 Å². The second-order valence-corrected chi connectivity index (χ2v) is 6.08. The van der Waals surface area contributed by atoms with E-state index in [4.69, 9.17) is 39.5 Å². The molecule has 0 amide bonds. The molecule has 2 heterocycles. The first kappa shape index (κ1) is 15.4. The molecular weight excluding hydrogens is 345 g/mol. The molecule has 0 aliphatic heterocycles. The molecule has 0 aliphatic rings. The SMILES string of the molecule is COc1cc(Cl)c(-c2c(C)nn3c(Cl)cc(C)nc23)c(Cl)c1. The van der Waals surface area contributed by atoms with Gasteiger partial charge >= 0.3 is 0 Å². The number of nitrogens with zero attached hydrogens (tertiary/aromatic N) is 3. The van der Waals surface area contributed by atoms with Crippen LogP contribution >= 0.6 is 34.8 Å². The molecule has 0 aliphatic carbocycles. The minimum Gasteiger partial charge on any atom is -0.497 e. The number of rotatable bonds is 2. The van der Waals surface area contributed by atoms with Crippen molar-refractivity contribution in [2.45, 2.75) is 13.8 Å². The van der Waals surface area contributed by atoms with E-state index in [1.54, 1.807) is 29.8 Å². The van der Waals surface area contributed by atoms with Gasteiger partial charge in [-0.2, -0.15) is 5.10 Å². The average Bonchev–Trinajstić information content (AvgIpc) is 2.75. The molecule has 3 rings (SSSR count). The van der Waals surface area contributed by atoms with Gasteiger partial charge in [0.25, 0.3) is 0 Å². The van der Waals surface area contributed by atoms with Gasteiger partial charge in [0.15, 0.2) is 5.65 Å². The van der Waals surface area contributed by atoms with Crippen molar-refractivity contribution in [3.05, 3.63) is 44.8 Å². The fourth-order valence-electron chi connectivity index (χ4n) is 2.40. The summed E-state index contributed by atoms with van der Waals surface area (Å²) in [5.74, 6) is 0.593. The van der Waals surface area contributed by atoms with Gasteiger partial charge in [0, 0.05) is 11.3 Å². The van der Waals surface area contributed by atoms with E-state index in [2.05, 4.69) is 10.1 Å². The lowest BCUT2D eigenvalue weighted by molar-refractivity contribution is 0.415. The van der Waals surface area contributed by atoms with Crippen LogP contribution in [0.15, 0.2) is 18.2 Å². The summed E-state index contributed by atoms with van der Waals surface area (Å²) in [6, 6.07) is 5.17. The van der Waals surface area contributed by atoms with Crippen LogP contribution in [-0.4, -0.2) is 21.7 Å². The molecule has 4 nitrogen and oxygen atoms in total. The Labute approximate surface area is 142 Å². The van der Waals surface area contributed by atoms with Crippen molar-refractivity contribution in [3.63, 3.8) is 0 Å². The molecule has 0 bridgehead atoms. The Morgan fingerprint density at radius 3 is 2.23 bits per heavy atom. The smallest absolute Gasteiger partial charge is 0.165 e. The number of aryl methyl sites for hydroxylation is 2. The van der Waals surface area contributed by atoms with Gasteiger partial charge in [-0.15, -0.1) is 0 Å². The Balaban J connectivity index is 2.38. The summed E-state index contributed by atoms with van der Waals surface area (Å²) in [5.41, 5.74) is 3.60. The van der Waals surface area contributed by atoms with E-state index in [0.717, 1.165) is 17.0 Å². The zero-order valence-corrected chi connectivity index (χ0v) is 14.4. The summed E-state index contributed by atoms with van der Waals surface area (Å²) in [4.78, 5) is 4.53. The third-order valence-electron chi connectivity index (χ3n) is 3.35. The molecule has 22 heavy (non-hydrogen) atoms. The molecule has 2 aromatic heterocycles. The Morgan fingerprint density at radius 2 is 1.64 bits per heavy atom. The maximum absolute atomic E-state index is 6.39. The van der Waals surface area contributed by atoms with Crippen molar-refractivity contribution in [2.24, 2.45) is 0 Å². The Morgan fingerprint density at radius 1 is 1.00 bits per heavy atom. The van der Waals surface area contributed by atoms with E-state index in [-0.39, 0.29) is 0 Å². The van der Waals surface area contributed by atoms with Crippen molar-refractivity contribution in [3.8, 4) is 16.9 Å². The quantitative estimate of drug-likeness (QED) is 0.608. The van der Waals surface area contributed by atoms with Crippen molar-refractivity contribution >= 4 is 40.4 Å². The standard InChI is InChI=1S/C15H12Cl3N3O/c1-7-4-12(18)21-15(19-7)13(8(2)20-21)14-10(16)5-9(22-3)6-11(14)17/h4-6H,1-3H3. The molecule has 0 N–H and O–H groups in total. The molecule has 3 aromatic rings. The fourth-order valence-corrected chi connectivity index (χ4v) is 3.33. The third-order valence-corrected chi connectivity index (χ3v) is 4.22. The Bertz CT molecular complexity index is 866. The van der Waals surface area contributed by atoms with Crippen LogP contribution in [0.5, 0.6) is 5.75 Å². The number of methoxy groups -OCH3 is 1. The van der Waals surface area contributed by atoms with Gasteiger partial charge in [0.2, 0.25) is 0 Å². The van der Waals surface area contributed by atoms with E-state index >= 15 is 0 Å². The number of halogens is 3. The molecule has 0 unspecified atom stereocenters. The van der Waals surface area contributed by atoms with Crippen LogP contribution < -0.4 is 4.74 Å². The summed E-state index contributed by atoms with van der Waals surface area (Å²) in [6.07, 6.45) is 0. The second kappa shape index (κ2) is 5.61. The van der Waals surface area contributed by atoms with E-state index in [0.29, 0.717) is 32.2 Å². The minimum atomic E-state index is 0.474. The molecular formula is C15H12Cl3N3O. The van der Waals surface area contributed by atoms with Gasteiger partial charge in [-0.1, -0.05) is 34.8 Å². The normalized spacial score (nSPS) is 11.2. The van der Waals surface area contributed by atoms with Crippen molar-refractivity contribution in [2.75, 3.05) is 7.11 Å². The van der Waals surface area contributed by atoms with Crippen LogP contribution in [-0.2, 0) is 0 Å². The van der Waals surface area contributed by atoms with Gasteiger partial charge in [0.1, 0.15) is 10.9 Å².